The Morgan fingerprint density at radius 3 is 2.48 bits per heavy atom. The number of piperidine rings is 1. The summed E-state index contributed by atoms with van der Waals surface area (Å²) in [5.41, 5.74) is 5.76. The van der Waals surface area contributed by atoms with Crippen LogP contribution in [0.15, 0.2) is 59.2 Å². The second-order valence-corrected chi connectivity index (χ2v) is 20.6. The van der Waals surface area contributed by atoms with E-state index in [4.69, 9.17) is 9.72 Å². The molecule has 3 aromatic carbocycles. The van der Waals surface area contributed by atoms with E-state index in [2.05, 4.69) is 70.7 Å². The first kappa shape index (κ1) is 41.7. The number of carbonyl (C=O) groups excluding carboxylic acids is 2. The second-order valence-electron chi connectivity index (χ2n) is 16.6. The molecule has 1 unspecified atom stereocenters. The van der Waals surface area contributed by atoms with E-state index in [0.717, 1.165) is 72.6 Å². The van der Waals surface area contributed by atoms with Crippen LogP contribution in [0.4, 0.5) is 37.6 Å². The molecule has 2 aromatic heterocycles. The number of carbonyl (C=O) groups is 2. The normalized spacial score (nSPS) is 17.9. The number of hydrogen-bond donors (Lipinski definition) is 3. The summed E-state index contributed by atoms with van der Waals surface area (Å²) < 4.78 is 50.4. The summed E-state index contributed by atoms with van der Waals surface area (Å²) in [4.78, 5) is 42.6. The van der Waals surface area contributed by atoms with Crippen LogP contribution in [0.25, 0.3) is 10.9 Å². The zero-order valence-corrected chi connectivity index (χ0v) is 36.8. The standard InChI is InChI=1S/C44H48BrF2N8O4P/c1-6-27-19-35(51-43-48-21-30(45)41(53-43)50-34-11-10-33-28(8-7-25(2)49-33)40(34)60(4,5)58)37(59-3)20-36(27)55-16-14-44(24-55)22-54(23-44)15-13-26-17-31(46)39(32(47)18-26)29-9-12-38(56)52-42(29)57/h7-8,10-11,17-21,29H,6,9,12-16,22-24H2,1-5H3,(H,52,56,57)(H2,48,50,51,53). The summed E-state index contributed by atoms with van der Waals surface area (Å²) >= 11 is 3.60. The number of aromatic nitrogens is 3. The molecule has 1 atom stereocenters. The summed E-state index contributed by atoms with van der Waals surface area (Å²) in [6.07, 6.45) is 4.13. The van der Waals surface area contributed by atoms with Crippen LogP contribution < -0.4 is 30.9 Å². The highest BCUT2D eigenvalue weighted by molar-refractivity contribution is 9.10. The number of pyridine rings is 1. The molecule has 2 amide bonds. The van der Waals surface area contributed by atoms with Crippen LogP contribution in [0, 0.1) is 24.0 Å². The van der Waals surface area contributed by atoms with Gasteiger partial charge in [-0.1, -0.05) is 13.0 Å². The predicted octanol–water partition coefficient (Wildman–Crippen LogP) is 7.96. The van der Waals surface area contributed by atoms with Crippen molar-refractivity contribution >= 4 is 79.9 Å². The van der Waals surface area contributed by atoms with Gasteiger partial charge in [0.25, 0.3) is 0 Å². The van der Waals surface area contributed by atoms with Crippen molar-refractivity contribution in [1.82, 2.24) is 25.2 Å². The van der Waals surface area contributed by atoms with Gasteiger partial charge < -0.3 is 29.7 Å². The lowest BCUT2D eigenvalue weighted by Crippen LogP contribution is -2.57. The Hall–Kier alpha value is -4.98. The molecule has 1 spiro atoms. The Balaban J connectivity index is 0.929. The van der Waals surface area contributed by atoms with E-state index in [9.17, 15) is 14.2 Å². The number of aryl methyl sites for hydroxylation is 2. The molecular formula is C44H48BrF2N8O4P. The van der Waals surface area contributed by atoms with E-state index in [1.165, 1.54) is 12.1 Å². The highest BCUT2D eigenvalue weighted by Crippen LogP contribution is 2.45. The van der Waals surface area contributed by atoms with Crippen LogP contribution in [0.1, 0.15) is 54.5 Å². The van der Waals surface area contributed by atoms with Crippen LogP contribution >= 0.6 is 23.1 Å². The molecule has 3 N–H and O–H groups in total. The summed E-state index contributed by atoms with van der Waals surface area (Å²) in [6, 6.07) is 14.5. The fourth-order valence-corrected chi connectivity index (χ4v) is 10.8. The number of benzene rings is 3. The Kier molecular flexibility index (Phi) is 11.5. The molecule has 5 heterocycles. The summed E-state index contributed by atoms with van der Waals surface area (Å²) in [5.74, 6) is -2.06. The van der Waals surface area contributed by atoms with Gasteiger partial charge in [0.05, 0.1) is 34.4 Å². The molecule has 60 heavy (non-hydrogen) atoms. The Morgan fingerprint density at radius 2 is 1.78 bits per heavy atom. The van der Waals surface area contributed by atoms with Crippen molar-refractivity contribution in [1.29, 1.82) is 0 Å². The van der Waals surface area contributed by atoms with E-state index < -0.39 is 36.5 Å². The second kappa shape index (κ2) is 16.5. The van der Waals surface area contributed by atoms with Crippen molar-refractivity contribution in [3.05, 3.63) is 93.2 Å². The van der Waals surface area contributed by atoms with Crippen molar-refractivity contribution in [3.8, 4) is 5.75 Å². The quantitative estimate of drug-likeness (QED) is 0.0830. The monoisotopic (exact) mass is 900 g/mol. The number of halogens is 3. The molecule has 3 saturated heterocycles. The van der Waals surface area contributed by atoms with Crippen LogP contribution in [-0.2, 0) is 27.0 Å². The molecule has 0 aliphatic carbocycles. The van der Waals surface area contributed by atoms with E-state index >= 15 is 8.78 Å². The number of ether oxygens (including phenoxy) is 1. The topological polar surface area (TPSA) is 142 Å². The first-order chi connectivity index (χ1) is 28.6. The molecule has 0 radical (unpaired) electrons. The Morgan fingerprint density at radius 1 is 1.02 bits per heavy atom. The maximum Gasteiger partial charge on any atom is 0.234 e. The molecule has 8 rings (SSSR count). The first-order valence-electron chi connectivity index (χ1n) is 20.2. The average molecular weight is 902 g/mol. The number of anilines is 5. The summed E-state index contributed by atoms with van der Waals surface area (Å²) in [5, 5.41) is 10.5. The van der Waals surface area contributed by atoms with Gasteiger partial charge in [-0.25, -0.2) is 13.8 Å². The number of amides is 2. The number of nitrogens with one attached hydrogen (secondary N) is 3. The number of hydrogen-bond acceptors (Lipinski definition) is 11. The van der Waals surface area contributed by atoms with Gasteiger partial charge in [-0.3, -0.25) is 19.9 Å². The zero-order chi connectivity index (χ0) is 42.5. The highest BCUT2D eigenvalue weighted by atomic mass is 79.9. The minimum absolute atomic E-state index is 0.0569. The van der Waals surface area contributed by atoms with Crippen molar-refractivity contribution in [2.45, 2.75) is 51.9 Å². The third-order valence-electron chi connectivity index (χ3n) is 11.9. The molecule has 3 fully saturated rings. The first-order valence-corrected chi connectivity index (χ1v) is 23.6. The third kappa shape index (κ3) is 8.36. The minimum atomic E-state index is -2.74. The smallest absolute Gasteiger partial charge is 0.234 e. The largest absolute Gasteiger partial charge is 0.494 e. The van der Waals surface area contributed by atoms with Crippen molar-refractivity contribution < 1.29 is 27.7 Å². The lowest BCUT2D eigenvalue weighted by Gasteiger charge is -2.48. The van der Waals surface area contributed by atoms with Crippen LogP contribution in [0.2, 0.25) is 0 Å². The van der Waals surface area contributed by atoms with Gasteiger partial charge in [-0.2, -0.15) is 4.98 Å². The number of fused-ring (bicyclic) bond motifs is 1. The van der Waals surface area contributed by atoms with Crippen LogP contribution in [-0.4, -0.2) is 84.8 Å². The van der Waals surface area contributed by atoms with Crippen molar-refractivity contribution in [2.24, 2.45) is 5.41 Å². The van der Waals surface area contributed by atoms with Gasteiger partial charge in [-0.05, 0) is 109 Å². The molecule has 3 aliphatic rings. The minimum Gasteiger partial charge on any atom is -0.494 e. The van der Waals surface area contributed by atoms with E-state index in [1.807, 2.05) is 31.2 Å². The van der Waals surface area contributed by atoms with Crippen molar-refractivity contribution in [2.75, 3.05) is 68.7 Å². The molecule has 16 heteroatoms. The molecule has 314 valence electrons. The summed E-state index contributed by atoms with van der Waals surface area (Å²) in [6.45, 7) is 11.8. The molecule has 0 saturated carbocycles. The average Bonchev–Trinajstić information content (AvgIpc) is 3.63. The van der Waals surface area contributed by atoms with Crippen LogP contribution in [0.3, 0.4) is 0 Å². The number of rotatable bonds is 12. The highest BCUT2D eigenvalue weighted by Gasteiger charge is 2.47. The fraction of sp³-hybridized carbons (Fsp3) is 0.386. The Bertz CT molecular complexity index is 2560. The fourth-order valence-electron chi connectivity index (χ4n) is 9.02. The number of imide groups is 1. The SMILES string of the molecule is CCc1cc(Nc2ncc(Br)c(Nc3ccc4nc(C)ccc4c3P(C)(C)=O)n2)c(OC)cc1N1CCC2(CN(CCc3cc(F)c(C4CCC(=O)NC4=O)c(F)c3)C2)C1. The number of nitrogens with zero attached hydrogens (tertiary/aromatic N) is 5. The lowest BCUT2D eigenvalue weighted by molar-refractivity contribution is -0.134. The van der Waals surface area contributed by atoms with Crippen LogP contribution in [0.5, 0.6) is 5.75 Å². The third-order valence-corrected chi connectivity index (χ3v) is 14.0. The molecule has 3 aliphatic heterocycles. The number of likely N-dealkylation sites (tertiary alicyclic amines) is 1. The van der Waals surface area contributed by atoms with Gasteiger partial charge in [-0.15, -0.1) is 0 Å². The maximum absolute atomic E-state index is 15.1. The van der Waals surface area contributed by atoms with E-state index in [1.54, 1.807) is 26.6 Å². The maximum atomic E-state index is 15.1. The van der Waals surface area contributed by atoms with Gasteiger partial charge >= 0.3 is 0 Å². The van der Waals surface area contributed by atoms with E-state index in [0.29, 0.717) is 51.5 Å². The van der Waals surface area contributed by atoms with E-state index in [-0.39, 0.29) is 23.8 Å². The zero-order valence-electron chi connectivity index (χ0n) is 34.3. The van der Waals surface area contributed by atoms with Gasteiger partial charge in [0.1, 0.15) is 30.3 Å². The molecular weight excluding hydrogens is 853 g/mol. The van der Waals surface area contributed by atoms with Gasteiger partial charge in [0.15, 0.2) is 0 Å². The Labute approximate surface area is 356 Å². The van der Waals surface area contributed by atoms with Crippen molar-refractivity contribution in [3.63, 3.8) is 0 Å². The summed E-state index contributed by atoms with van der Waals surface area (Å²) in [7, 11) is -1.10. The number of methoxy groups -OCH3 is 1. The van der Waals surface area contributed by atoms with Gasteiger partial charge in [0.2, 0.25) is 17.8 Å². The molecule has 0 bridgehead atoms. The predicted molar refractivity (Wildman–Crippen MR) is 235 cm³/mol. The molecule has 5 aromatic rings. The van der Waals surface area contributed by atoms with Gasteiger partial charge in [0, 0.05) is 84.5 Å². The molecule has 12 nitrogen and oxygen atoms in total. The lowest BCUT2D eigenvalue weighted by atomic mass is 9.79.